The first kappa shape index (κ1) is 16.4. The quantitative estimate of drug-likeness (QED) is 0.661. The number of amides is 1. The van der Waals surface area contributed by atoms with Crippen molar-refractivity contribution < 1.29 is 9.90 Å². The number of nitrogens with one attached hydrogen (secondary N) is 2. The molecule has 1 fully saturated rings. The zero-order valence-electron chi connectivity index (χ0n) is 12.7. The van der Waals surface area contributed by atoms with Crippen LogP contribution >= 0.6 is 0 Å². The molecule has 1 unspecified atom stereocenters. The zero-order valence-corrected chi connectivity index (χ0v) is 12.7. The third-order valence-corrected chi connectivity index (χ3v) is 4.29. The Morgan fingerprint density at radius 2 is 2.05 bits per heavy atom. The second kappa shape index (κ2) is 7.85. The molecule has 0 heterocycles. The number of carbonyl (C=O) groups excluding carboxylic acids is 1. The fourth-order valence-electron chi connectivity index (χ4n) is 2.80. The summed E-state index contributed by atoms with van der Waals surface area (Å²) in [5.41, 5.74) is -0.238. The minimum absolute atomic E-state index is 0.0346. The Balaban J connectivity index is 2.34. The van der Waals surface area contributed by atoms with Gasteiger partial charge in [0.05, 0.1) is 13.2 Å². The highest BCUT2D eigenvalue weighted by Crippen LogP contribution is 2.31. The van der Waals surface area contributed by atoms with Gasteiger partial charge in [-0.2, -0.15) is 0 Å². The largest absolute Gasteiger partial charge is 0.394 e. The van der Waals surface area contributed by atoms with Crippen LogP contribution in [-0.2, 0) is 4.79 Å². The maximum atomic E-state index is 11.8. The number of rotatable bonds is 7. The molecule has 0 aromatic rings. The Bertz CT molecular complexity index is 273. The molecule has 0 aliphatic heterocycles. The van der Waals surface area contributed by atoms with Gasteiger partial charge in [0.25, 0.3) is 0 Å². The molecule has 1 saturated carbocycles. The lowest BCUT2D eigenvalue weighted by Gasteiger charge is -2.38. The Morgan fingerprint density at radius 1 is 1.42 bits per heavy atom. The topological polar surface area (TPSA) is 61.4 Å². The van der Waals surface area contributed by atoms with Crippen LogP contribution in [0, 0.1) is 5.92 Å². The van der Waals surface area contributed by atoms with E-state index in [-0.39, 0.29) is 24.1 Å². The van der Waals surface area contributed by atoms with E-state index in [1.807, 2.05) is 6.92 Å². The number of carbonyl (C=O) groups is 1. The third-order valence-electron chi connectivity index (χ3n) is 4.29. The third kappa shape index (κ3) is 5.49. The van der Waals surface area contributed by atoms with E-state index in [9.17, 15) is 9.90 Å². The highest BCUT2D eigenvalue weighted by molar-refractivity contribution is 5.78. The van der Waals surface area contributed by atoms with Crippen molar-refractivity contribution in [3.05, 3.63) is 0 Å². The predicted octanol–water partition coefficient (Wildman–Crippen LogP) is 1.82. The molecule has 1 rings (SSSR count). The highest BCUT2D eigenvalue weighted by Gasteiger charge is 2.33. The molecule has 0 bridgehead atoms. The lowest BCUT2D eigenvalue weighted by Crippen LogP contribution is -2.54. The van der Waals surface area contributed by atoms with Gasteiger partial charge >= 0.3 is 0 Å². The van der Waals surface area contributed by atoms with Crippen molar-refractivity contribution in [2.75, 3.05) is 13.2 Å². The maximum Gasteiger partial charge on any atom is 0.234 e. The Hall–Kier alpha value is -0.610. The lowest BCUT2D eigenvalue weighted by molar-refractivity contribution is -0.121. The van der Waals surface area contributed by atoms with E-state index < -0.39 is 0 Å². The summed E-state index contributed by atoms with van der Waals surface area (Å²) < 4.78 is 0. The number of aliphatic hydroxyl groups is 1. The van der Waals surface area contributed by atoms with E-state index in [0.29, 0.717) is 6.54 Å². The molecule has 19 heavy (non-hydrogen) atoms. The summed E-state index contributed by atoms with van der Waals surface area (Å²) in [4.78, 5) is 11.8. The van der Waals surface area contributed by atoms with Crippen LogP contribution in [0.2, 0.25) is 0 Å². The van der Waals surface area contributed by atoms with Crippen LogP contribution in [0.1, 0.15) is 59.3 Å². The number of aliphatic hydroxyl groups excluding tert-OH is 1. The first-order chi connectivity index (χ1) is 9.01. The predicted molar refractivity (Wildman–Crippen MR) is 78.0 cm³/mol. The van der Waals surface area contributed by atoms with Crippen LogP contribution in [0.3, 0.4) is 0 Å². The van der Waals surface area contributed by atoms with Crippen LogP contribution in [0.15, 0.2) is 0 Å². The molecule has 4 nitrogen and oxygen atoms in total. The molecule has 0 aromatic heterocycles. The molecule has 4 heteroatoms. The standard InChI is InChI=1S/C15H30N2O2/c1-4-5-13(3)17-14(19)10-16-15(11-18)8-6-12(2)7-9-15/h12-13,16,18H,4-11H2,1-3H3,(H,17,19). The summed E-state index contributed by atoms with van der Waals surface area (Å²) >= 11 is 0. The van der Waals surface area contributed by atoms with Gasteiger partial charge in [0, 0.05) is 11.6 Å². The van der Waals surface area contributed by atoms with Crippen LogP contribution in [0.25, 0.3) is 0 Å². The van der Waals surface area contributed by atoms with Crippen molar-refractivity contribution in [3.63, 3.8) is 0 Å². The summed E-state index contributed by atoms with van der Waals surface area (Å²) in [6, 6.07) is 0.232. The monoisotopic (exact) mass is 270 g/mol. The van der Waals surface area contributed by atoms with Crippen LogP contribution in [0.4, 0.5) is 0 Å². The molecule has 0 aromatic carbocycles. The molecular weight excluding hydrogens is 240 g/mol. The minimum atomic E-state index is -0.238. The number of hydrogen-bond donors (Lipinski definition) is 3. The molecule has 1 aliphatic rings. The van der Waals surface area contributed by atoms with Gasteiger partial charge in [-0.15, -0.1) is 0 Å². The number of hydrogen-bond acceptors (Lipinski definition) is 3. The van der Waals surface area contributed by atoms with Gasteiger partial charge in [0.2, 0.25) is 5.91 Å². The van der Waals surface area contributed by atoms with E-state index in [1.54, 1.807) is 0 Å². The highest BCUT2D eigenvalue weighted by atomic mass is 16.3. The van der Waals surface area contributed by atoms with Gasteiger partial charge in [-0.3, -0.25) is 4.79 Å². The van der Waals surface area contributed by atoms with Crippen molar-refractivity contribution in [2.45, 2.75) is 70.9 Å². The second-order valence-electron chi connectivity index (χ2n) is 6.23. The van der Waals surface area contributed by atoms with E-state index in [2.05, 4.69) is 24.5 Å². The molecule has 0 saturated heterocycles. The van der Waals surface area contributed by atoms with Gasteiger partial charge < -0.3 is 15.7 Å². The van der Waals surface area contributed by atoms with E-state index in [0.717, 1.165) is 44.4 Å². The van der Waals surface area contributed by atoms with Crippen molar-refractivity contribution in [1.82, 2.24) is 10.6 Å². The van der Waals surface area contributed by atoms with Crippen LogP contribution < -0.4 is 10.6 Å². The van der Waals surface area contributed by atoms with Gasteiger partial charge in [0.15, 0.2) is 0 Å². The molecule has 112 valence electrons. The fourth-order valence-corrected chi connectivity index (χ4v) is 2.80. The van der Waals surface area contributed by atoms with Crippen LogP contribution in [-0.4, -0.2) is 35.7 Å². The normalized spacial score (nSPS) is 28.9. The van der Waals surface area contributed by atoms with Gasteiger partial charge in [-0.25, -0.2) is 0 Å². The molecular formula is C15H30N2O2. The Labute approximate surface area is 117 Å². The van der Waals surface area contributed by atoms with Crippen molar-refractivity contribution in [3.8, 4) is 0 Å². The molecule has 1 atom stereocenters. The molecule has 1 aliphatic carbocycles. The Morgan fingerprint density at radius 3 is 2.58 bits per heavy atom. The van der Waals surface area contributed by atoms with Crippen LogP contribution in [0.5, 0.6) is 0 Å². The summed E-state index contributed by atoms with van der Waals surface area (Å²) in [6.07, 6.45) is 6.26. The summed E-state index contributed by atoms with van der Waals surface area (Å²) in [6.45, 7) is 6.83. The molecule has 0 spiro atoms. The van der Waals surface area contributed by atoms with E-state index >= 15 is 0 Å². The summed E-state index contributed by atoms with van der Waals surface area (Å²) in [7, 11) is 0. The van der Waals surface area contributed by atoms with Crippen molar-refractivity contribution >= 4 is 5.91 Å². The van der Waals surface area contributed by atoms with Gasteiger partial charge in [-0.05, 0) is 44.9 Å². The summed E-state index contributed by atoms with van der Waals surface area (Å²) in [5.74, 6) is 0.771. The first-order valence-electron chi connectivity index (χ1n) is 7.66. The van der Waals surface area contributed by atoms with E-state index in [1.165, 1.54) is 0 Å². The average molecular weight is 270 g/mol. The second-order valence-corrected chi connectivity index (χ2v) is 6.23. The lowest BCUT2D eigenvalue weighted by atomic mass is 9.77. The van der Waals surface area contributed by atoms with Gasteiger partial charge in [-0.1, -0.05) is 20.3 Å². The maximum absolute atomic E-state index is 11.8. The Kier molecular flexibility index (Phi) is 6.80. The minimum Gasteiger partial charge on any atom is -0.394 e. The fraction of sp³-hybridized carbons (Fsp3) is 0.933. The van der Waals surface area contributed by atoms with Crippen molar-refractivity contribution in [2.24, 2.45) is 5.92 Å². The SMILES string of the molecule is CCCC(C)NC(=O)CNC1(CO)CCC(C)CC1. The van der Waals surface area contributed by atoms with Crippen molar-refractivity contribution in [1.29, 1.82) is 0 Å². The first-order valence-corrected chi connectivity index (χ1v) is 7.66. The average Bonchev–Trinajstić information content (AvgIpc) is 2.39. The summed E-state index contributed by atoms with van der Waals surface area (Å²) in [5, 5.41) is 15.9. The smallest absolute Gasteiger partial charge is 0.234 e. The molecule has 0 radical (unpaired) electrons. The zero-order chi connectivity index (χ0) is 14.3. The molecule has 3 N–H and O–H groups in total. The van der Waals surface area contributed by atoms with E-state index in [4.69, 9.17) is 0 Å². The molecule has 1 amide bonds. The van der Waals surface area contributed by atoms with Gasteiger partial charge in [0.1, 0.15) is 0 Å².